The van der Waals surface area contributed by atoms with Crippen LogP contribution >= 0.6 is 0 Å². The van der Waals surface area contributed by atoms with Gasteiger partial charge in [0.05, 0.1) is 7.11 Å². The van der Waals surface area contributed by atoms with E-state index < -0.39 is 0 Å². The zero-order chi connectivity index (χ0) is 15.6. The first kappa shape index (κ1) is 14.3. The number of aromatic amines is 1. The van der Waals surface area contributed by atoms with Crippen molar-refractivity contribution in [2.75, 3.05) is 7.11 Å². The maximum absolute atomic E-state index is 5.22. The number of ether oxygens (including phenoxy) is 1. The molecule has 0 amide bonds. The molecule has 1 atom stereocenters. The third-order valence-electron chi connectivity index (χ3n) is 4.83. The lowest BCUT2D eigenvalue weighted by Crippen LogP contribution is -2.24. The van der Waals surface area contributed by atoms with E-state index in [1.165, 1.54) is 47.0 Å². The van der Waals surface area contributed by atoms with Gasteiger partial charge in [-0.15, -0.1) is 0 Å². The topological polar surface area (TPSA) is 37.0 Å². The molecule has 1 aliphatic carbocycles. The normalized spacial score (nSPS) is 17.2. The second kappa shape index (κ2) is 6.09. The molecular weight excluding hydrogens is 284 g/mol. The summed E-state index contributed by atoms with van der Waals surface area (Å²) in [5.74, 6) is 0.907. The smallest absolute Gasteiger partial charge is 0.118 e. The number of fused-ring (bicyclic) bond motifs is 3. The molecule has 3 heteroatoms. The molecule has 0 bridgehead atoms. The molecule has 3 nitrogen and oxygen atoms in total. The predicted octanol–water partition coefficient (Wildman–Crippen LogP) is 4.34. The third-order valence-corrected chi connectivity index (χ3v) is 4.83. The summed E-state index contributed by atoms with van der Waals surface area (Å²) in [4.78, 5) is 3.64. The summed E-state index contributed by atoms with van der Waals surface area (Å²) in [6.07, 6.45) is 3.62. The van der Waals surface area contributed by atoms with Gasteiger partial charge in [-0.3, -0.25) is 0 Å². The Balaban J connectivity index is 1.54. The van der Waals surface area contributed by atoms with E-state index in [0.717, 1.165) is 12.3 Å². The summed E-state index contributed by atoms with van der Waals surface area (Å²) in [6.45, 7) is 0.878. The average molecular weight is 306 g/mol. The van der Waals surface area contributed by atoms with Crippen LogP contribution in [0.2, 0.25) is 0 Å². The van der Waals surface area contributed by atoms with Gasteiger partial charge in [-0.25, -0.2) is 0 Å². The van der Waals surface area contributed by atoms with Crippen LogP contribution in [-0.2, 0) is 13.0 Å². The molecule has 3 aromatic rings. The first-order chi connectivity index (χ1) is 11.3. The zero-order valence-electron chi connectivity index (χ0n) is 13.4. The summed E-state index contributed by atoms with van der Waals surface area (Å²) in [5, 5.41) is 5.11. The number of methoxy groups -OCH3 is 1. The SMILES string of the molecule is COc1ccc(CNC2CCCc3c2[nH]c2ccccc32)cc1. The van der Waals surface area contributed by atoms with E-state index in [4.69, 9.17) is 4.74 Å². The maximum atomic E-state index is 5.22. The van der Waals surface area contributed by atoms with Gasteiger partial charge in [-0.2, -0.15) is 0 Å². The Labute approximate surface area is 136 Å². The van der Waals surface area contributed by atoms with E-state index in [2.05, 4.69) is 46.7 Å². The molecule has 118 valence electrons. The van der Waals surface area contributed by atoms with Crippen molar-refractivity contribution in [2.45, 2.75) is 31.8 Å². The molecule has 1 aromatic heterocycles. The summed E-state index contributed by atoms with van der Waals surface area (Å²) < 4.78 is 5.22. The van der Waals surface area contributed by atoms with Crippen molar-refractivity contribution in [3.05, 3.63) is 65.4 Å². The van der Waals surface area contributed by atoms with Crippen LogP contribution in [0.3, 0.4) is 0 Å². The summed E-state index contributed by atoms with van der Waals surface area (Å²) in [6, 6.07) is 17.3. The number of hydrogen-bond donors (Lipinski definition) is 2. The number of aryl methyl sites for hydroxylation is 1. The van der Waals surface area contributed by atoms with Crippen LogP contribution in [0.1, 0.15) is 35.7 Å². The molecule has 0 fully saturated rings. The fourth-order valence-corrected chi connectivity index (χ4v) is 3.60. The van der Waals surface area contributed by atoms with Gasteiger partial charge in [-0.05, 0) is 48.6 Å². The van der Waals surface area contributed by atoms with Gasteiger partial charge in [-0.1, -0.05) is 30.3 Å². The molecule has 0 spiro atoms. The number of hydrogen-bond acceptors (Lipinski definition) is 2. The lowest BCUT2D eigenvalue weighted by Gasteiger charge is -2.24. The van der Waals surface area contributed by atoms with Crippen molar-refractivity contribution >= 4 is 10.9 Å². The predicted molar refractivity (Wildman–Crippen MR) is 93.8 cm³/mol. The Hall–Kier alpha value is -2.26. The monoisotopic (exact) mass is 306 g/mol. The third kappa shape index (κ3) is 2.73. The number of rotatable bonds is 4. The maximum Gasteiger partial charge on any atom is 0.118 e. The largest absolute Gasteiger partial charge is 0.497 e. The van der Waals surface area contributed by atoms with Gasteiger partial charge in [0.15, 0.2) is 0 Å². The van der Waals surface area contributed by atoms with Crippen LogP contribution in [0.4, 0.5) is 0 Å². The quantitative estimate of drug-likeness (QED) is 0.752. The van der Waals surface area contributed by atoms with E-state index in [1.807, 2.05) is 12.1 Å². The van der Waals surface area contributed by atoms with Crippen LogP contribution in [0, 0.1) is 0 Å². The molecule has 0 radical (unpaired) electrons. The lowest BCUT2D eigenvalue weighted by molar-refractivity contribution is 0.414. The molecule has 0 aliphatic heterocycles. The fourth-order valence-electron chi connectivity index (χ4n) is 3.60. The highest BCUT2D eigenvalue weighted by Gasteiger charge is 2.23. The summed E-state index contributed by atoms with van der Waals surface area (Å²) >= 11 is 0. The van der Waals surface area contributed by atoms with Crippen LogP contribution in [-0.4, -0.2) is 12.1 Å². The number of para-hydroxylation sites is 1. The number of nitrogens with one attached hydrogen (secondary N) is 2. The Morgan fingerprint density at radius 3 is 2.78 bits per heavy atom. The minimum Gasteiger partial charge on any atom is -0.497 e. The summed E-state index contributed by atoms with van der Waals surface area (Å²) in [7, 11) is 1.70. The lowest BCUT2D eigenvalue weighted by atomic mass is 9.91. The summed E-state index contributed by atoms with van der Waals surface area (Å²) in [5.41, 5.74) is 5.43. The van der Waals surface area contributed by atoms with Crippen molar-refractivity contribution in [1.29, 1.82) is 0 Å². The Morgan fingerprint density at radius 1 is 1.13 bits per heavy atom. The molecule has 0 saturated carbocycles. The minimum absolute atomic E-state index is 0.410. The highest BCUT2D eigenvalue weighted by Crippen LogP contribution is 2.34. The molecule has 1 heterocycles. The van der Waals surface area contributed by atoms with Crippen molar-refractivity contribution in [2.24, 2.45) is 0 Å². The molecule has 1 unspecified atom stereocenters. The standard InChI is InChI=1S/C20H22N2O/c1-23-15-11-9-14(10-12-15)13-21-19-8-4-6-17-16-5-2-3-7-18(16)22-20(17)19/h2-3,5,7,9-12,19,21-22H,4,6,8,13H2,1H3. The number of H-pyrrole nitrogens is 1. The fraction of sp³-hybridized carbons (Fsp3) is 0.300. The molecule has 23 heavy (non-hydrogen) atoms. The van der Waals surface area contributed by atoms with E-state index in [-0.39, 0.29) is 0 Å². The minimum atomic E-state index is 0.410. The van der Waals surface area contributed by atoms with Gasteiger partial charge in [0.2, 0.25) is 0 Å². The Kier molecular flexibility index (Phi) is 3.80. The molecule has 4 rings (SSSR count). The van der Waals surface area contributed by atoms with Gasteiger partial charge < -0.3 is 15.0 Å². The zero-order valence-corrected chi connectivity index (χ0v) is 13.4. The van der Waals surface area contributed by atoms with Crippen molar-refractivity contribution < 1.29 is 4.74 Å². The molecule has 0 saturated heterocycles. The van der Waals surface area contributed by atoms with Gasteiger partial charge in [0.1, 0.15) is 5.75 Å². The molecule has 1 aliphatic rings. The van der Waals surface area contributed by atoms with Gasteiger partial charge >= 0.3 is 0 Å². The first-order valence-corrected chi connectivity index (χ1v) is 8.31. The van der Waals surface area contributed by atoms with Crippen molar-refractivity contribution in [1.82, 2.24) is 10.3 Å². The Bertz CT molecular complexity index is 804. The van der Waals surface area contributed by atoms with Gasteiger partial charge in [0.25, 0.3) is 0 Å². The van der Waals surface area contributed by atoms with E-state index in [1.54, 1.807) is 7.11 Å². The molecular formula is C20H22N2O. The highest BCUT2D eigenvalue weighted by molar-refractivity contribution is 5.85. The average Bonchev–Trinajstić information content (AvgIpc) is 3.00. The Morgan fingerprint density at radius 2 is 1.96 bits per heavy atom. The van der Waals surface area contributed by atoms with E-state index in [0.29, 0.717) is 6.04 Å². The van der Waals surface area contributed by atoms with Crippen molar-refractivity contribution in [3.8, 4) is 5.75 Å². The number of benzene rings is 2. The van der Waals surface area contributed by atoms with Crippen LogP contribution in [0.5, 0.6) is 5.75 Å². The van der Waals surface area contributed by atoms with Crippen LogP contribution in [0.15, 0.2) is 48.5 Å². The van der Waals surface area contributed by atoms with E-state index in [9.17, 15) is 0 Å². The van der Waals surface area contributed by atoms with E-state index >= 15 is 0 Å². The second-order valence-electron chi connectivity index (χ2n) is 6.24. The van der Waals surface area contributed by atoms with Crippen LogP contribution < -0.4 is 10.1 Å². The number of aromatic nitrogens is 1. The highest BCUT2D eigenvalue weighted by atomic mass is 16.5. The second-order valence-corrected chi connectivity index (χ2v) is 6.24. The molecule has 2 aromatic carbocycles. The van der Waals surface area contributed by atoms with Gasteiger partial charge in [0, 0.05) is 29.2 Å². The molecule has 2 N–H and O–H groups in total. The van der Waals surface area contributed by atoms with Crippen LogP contribution in [0.25, 0.3) is 10.9 Å². The van der Waals surface area contributed by atoms with Crippen molar-refractivity contribution in [3.63, 3.8) is 0 Å². The first-order valence-electron chi connectivity index (χ1n) is 8.31.